The van der Waals surface area contributed by atoms with Gasteiger partial charge in [0.2, 0.25) is 0 Å². The van der Waals surface area contributed by atoms with Gasteiger partial charge in [0.05, 0.1) is 0 Å². The van der Waals surface area contributed by atoms with Crippen molar-refractivity contribution in [2.75, 3.05) is 11.9 Å². The summed E-state index contributed by atoms with van der Waals surface area (Å²) in [5.41, 5.74) is 1.94. The molecule has 2 rings (SSSR count). The molecule has 0 aliphatic heterocycles. The van der Waals surface area contributed by atoms with E-state index in [9.17, 15) is 9.59 Å². The van der Waals surface area contributed by atoms with E-state index in [4.69, 9.17) is 16.3 Å². The molecule has 2 aromatic carbocycles. The van der Waals surface area contributed by atoms with Crippen LogP contribution < -0.4 is 15.4 Å². The molecule has 1 unspecified atom stereocenters. The van der Waals surface area contributed by atoms with Crippen LogP contribution in [0.25, 0.3) is 0 Å². The van der Waals surface area contributed by atoms with Crippen molar-refractivity contribution >= 4 is 29.1 Å². The van der Waals surface area contributed by atoms with E-state index in [2.05, 4.69) is 10.6 Å². The fourth-order valence-electron chi connectivity index (χ4n) is 2.17. The SMILES string of the molecule is CCNC(=O)c1ccc(C)c(NC(=O)C(C)Oc2ccc(Cl)cc2)c1. The minimum atomic E-state index is -0.700. The van der Waals surface area contributed by atoms with Gasteiger partial charge in [-0.2, -0.15) is 0 Å². The fraction of sp³-hybridized carbons (Fsp3) is 0.263. The normalized spacial score (nSPS) is 11.5. The minimum absolute atomic E-state index is 0.177. The van der Waals surface area contributed by atoms with E-state index in [1.54, 1.807) is 49.4 Å². The highest BCUT2D eigenvalue weighted by molar-refractivity contribution is 6.30. The summed E-state index contributed by atoms with van der Waals surface area (Å²) in [5, 5.41) is 6.14. The number of halogens is 1. The van der Waals surface area contributed by atoms with E-state index in [0.717, 1.165) is 5.56 Å². The molecule has 0 aromatic heterocycles. The molecule has 0 aliphatic rings. The maximum atomic E-state index is 12.4. The molecule has 0 radical (unpaired) electrons. The summed E-state index contributed by atoms with van der Waals surface area (Å²) in [7, 11) is 0. The first-order valence-corrected chi connectivity index (χ1v) is 8.40. The summed E-state index contributed by atoms with van der Waals surface area (Å²) < 4.78 is 5.61. The predicted molar refractivity (Wildman–Crippen MR) is 99.4 cm³/mol. The first-order valence-electron chi connectivity index (χ1n) is 8.02. The Morgan fingerprint density at radius 2 is 1.84 bits per heavy atom. The molecule has 1 atom stereocenters. The molecular weight excluding hydrogens is 340 g/mol. The average molecular weight is 361 g/mol. The molecule has 25 heavy (non-hydrogen) atoms. The van der Waals surface area contributed by atoms with Crippen LogP contribution in [0, 0.1) is 6.92 Å². The first kappa shape index (κ1) is 18.8. The van der Waals surface area contributed by atoms with Crippen LogP contribution in [0.2, 0.25) is 5.02 Å². The molecule has 0 bridgehead atoms. The van der Waals surface area contributed by atoms with Gasteiger partial charge in [-0.25, -0.2) is 0 Å². The number of carbonyl (C=O) groups excluding carboxylic acids is 2. The van der Waals surface area contributed by atoms with Crippen molar-refractivity contribution in [3.05, 3.63) is 58.6 Å². The zero-order valence-corrected chi connectivity index (χ0v) is 15.2. The Morgan fingerprint density at radius 1 is 1.16 bits per heavy atom. The molecule has 0 saturated heterocycles. The Hall–Kier alpha value is -2.53. The lowest BCUT2D eigenvalue weighted by Crippen LogP contribution is -2.30. The van der Waals surface area contributed by atoms with Crippen LogP contribution in [0.1, 0.15) is 29.8 Å². The molecule has 6 heteroatoms. The molecule has 0 saturated carbocycles. The number of carbonyl (C=O) groups is 2. The zero-order valence-electron chi connectivity index (χ0n) is 14.4. The summed E-state index contributed by atoms with van der Waals surface area (Å²) in [6.07, 6.45) is -0.700. The highest BCUT2D eigenvalue weighted by Gasteiger charge is 2.17. The third-order valence-corrected chi connectivity index (χ3v) is 3.84. The molecule has 0 spiro atoms. The first-order chi connectivity index (χ1) is 11.9. The highest BCUT2D eigenvalue weighted by Crippen LogP contribution is 2.19. The van der Waals surface area contributed by atoms with Gasteiger partial charge in [0.25, 0.3) is 11.8 Å². The highest BCUT2D eigenvalue weighted by atomic mass is 35.5. The number of benzene rings is 2. The number of rotatable bonds is 6. The smallest absolute Gasteiger partial charge is 0.265 e. The topological polar surface area (TPSA) is 67.4 Å². The lowest BCUT2D eigenvalue weighted by atomic mass is 10.1. The predicted octanol–water partition coefficient (Wildman–Crippen LogP) is 3.80. The summed E-state index contributed by atoms with van der Waals surface area (Å²) in [6.45, 7) is 5.92. The van der Waals surface area contributed by atoms with E-state index >= 15 is 0 Å². The fourth-order valence-corrected chi connectivity index (χ4v) is 2.29. The molecule has 2 N–H and O–H groups in total. The van der Waals surface area contributed by atoms with Crippen molar-refractivity contribution in [1.29, 1.82) is 0 Å². The summed E-state index contributed by atoms with van der Waals surface area (Å²) in [5.74, 6) is 0.0782. The molecule has 2 amide bonds. The quantitative estimate of drug-likeness (QED) is 0.823. The van der Waals surface area contributed by atoms with Crippen LogP contribution in [0.4, 0.5) is 5.69 Å². The van der Waals surface area contributed by atoms with Crippen LogP contribution in [0.15, 0.2) is 42.5 Å². The number of aryl methyl sites for hydroxylation is 1. The number of ether oxygens (including phenoxy) is 1. The van der Waals surface area contributed by atoms with Crippen LogP contribution in [-0.4, -0.2) is 24.5 Å². The number of amides is 2. The van der Waals surface area contributed by atoms with Crippen molar-refractivity contribution in [1.82, 2.24) is 5.32 Å². The van der Waals surface area contributed by atoms with Crippen molar-refractivity contribution in [2.24, 2.45) is 0 Å². The van der Waals surface area contributed by atoms with E-state index in [1.807, 2.05) is 13.8 Å². The van der Waals surface area contributed by atoms with E-state index in [0.29, 0.717) is 28.6 Å². The van der Waals surface area contributed by atoms with Gasteiger partial charge in [0, 0.05) is 22.8 Å². The largest absolute Gasteiger partial charge is 0.481 e. The Balaban J connectivity index is 2.07. The minimum Gasteiger partial charge on any atom is -0.481 e. The number of hydrogen-bond donors (Lipinski definition) is 2. The monoisotopic (exact) mass is 360 g/mol. The third kappa shape index (κ3) is 5.22. The lowest BCUT2D eigenvalue weighted by molar-refractivity contribution is -0.122. The molecule has 0 heterocycles. The van der Waals surface area contributed by atoms with Gasteiger partial charge in [-0.05, 0) is 62.7 Å². The Morgan fingerprint density at radius 3 is 2.48 bits per heavy atom. The number of anilines is 1. The van der Waals surface area contributed by atoms with Gasteiger partial charge < -0.3 is 15.4 Å². The third-order valence-electron chi connectivity index (χ3n) is 3.59. The number of nitrogens with one attached hydrogen (secondary N) is 2. The van der Waals surface area contributed by atoms with Gasteiger partial charge in [-0.1, -0.05) is 17.7 Å². The molecule has 5 nitrogen and oxygen atoms in total. The summed E-state index contributed by atoms with van der Waals surface area (Å²) in [4.78, 5) is 24.3. The van der Waals surface area contributed by atoms with Crippen molar-refractivity contribution in [3.8, 4) is 5.75 Å². The molecule has 0 fully saturated rings. The Labute approximate surface area is 152 Å². The number of hydrogen-bond acceptors (Lipinski definition) is 3. The van der Waals surface area contributed by atoms with Crippen LogP contribution in [0.5, 0.6) is 5.75 Å². The molecule has 132 valence electrons. The maximum absolute atomic E-state index is 12.4. The standard InChI is InChI=1S/C19H21ClN2O3/c1-4-21-19(24)14-6-5-12(2)17(11-14)22-18(23)13(3)25-16-9-7-15(20)8-10-16/h5-11,13H,4H2,1-3H3,(H,21,24)(H,22,23). The van der Waals surface area contributed by atoms with Gasteiger partial charge in [-0.3, -0.25) is 9.59 Å². The van der Waals surface area contributed by atoms with Crippen molar-refractivity contribution in [2.45, 2.75) is 26.9 Å². The van der Waals surface area contributed by atoms with Gasteiger partial charge >= 0.3 is 0 Å². The zero-order chi connectivity index (χ0) is 18.4. The van der Waals surface area contributed by atoms with E-state index in [1.165, 1.54) is 0 Å². The average Bonchev–Trinajstić information content (AvgIpc) is 2.59. The van der Waals surface area contributed by atoms with Gasteiger partial charge in [0.15, 0.2) is 6.10 Å². The summed E-state index contributed by atoms with van der Waals surface area (Å²) in [6, 6.07) is 12.0. The van der Waals surface area contributed by atoms with Gasteiger partial charge in [-0.15, -0.1) is 0 Å². The van der Waals surface area contributed by atoms with Crippen LogP contribution in [-0.2, 0) is 4.79 Å². The van der Waals surface area contributed by atoms with Crippen LogP contribution in [0.3, 0.4) is 0 Å². The Bertz CT molecular complexity index is 760. The van der Waals surface area contributed by atoms with Crippen molar-refractivity contribution < 1.29 is 14.3 Å². The van der Waals surface area contributed by atoms with Gasteiger partial charge in [0.1, 0.15) is 5.75 Å². The molecular formula is C19H21ClN2O3. The molecule has 0 aliphatic carbocycles. The molecule has 2 aromatic rings. The Kier molecular flexibility index (Phi) is 6.42. The second kappa shape index (κ2) is 8.53. The van der Waals surface area contributed by atoms with Crippen LogP contribution >= 0.6 is 11.6 Å². The van der Waals surface area contributed by atoms with Crippen molar-refractivity contribution in [3.63, 3.8) is 0 Å². The second-order valence-electron chi connectivity index (χ2n) is 5.59. The summed E-state index contributed by atoms with van der Waals surface area (Å²) >= 11 is 5.83. The van der Waals surface area contributed by atoms with E-state index < -0.39 is 6.10 Å². The van der Waals surface area contributed by atoms with E-state index in [-0.39, 0.29) is 11.8 Å². The second-order valence-corrected chi connectivity index (χ2v) is 6.03. The lowest BCUT2D eigenvalue weighted by Gasteiger charge is -2.16. The maximum Gasteiger partial charge on any atom is 0.265 e.